The largest absolute Gasteiger partial charge is 0.452 e. The molecule has 0 aliphatic carbocycles. The fourth-order valence-corrected chi connectivity index (χ4v) is 2.18. The smallest absolute Gasteiger partial charge is 0.340 e. The van der Waals surface area contributed by atoms with Crippen molar-refractivity contribution in [3.63, 3.8) is 0 Å². The van der Waals surface area contributed by atoms with E-state index in [-0.39, 0.29) is 22.2 Å². The van der Waals surface area contributed by atoms with Gasteiger partial charge < -0.3 is 21.1 Å². The second-order valence-electron chi connectivity index (χ2n) is 4.99. The van der Waals surface area contributed by atoms with Crippen LogP contribution in [0.1, 0.15) is 20.7 Å². The molecule has 0 aliphatic heterocycles. The molecule has 2 rings (SSSR count). The van der Waals surface area contributed by atoms with Gasteiger partial charge in [-0.15, -0.1) is 0 Å². The number of rotatable bonds is 5. The Morgan fingerprint density at radius 3 is 2.60 bits per heavy atom. The van der Waals surface area contributed by atoms with Gasteiger partial charge in [-0.1, -0.05) is 23.7 Å². The van der Waals surface area contributed by atoms with Crippen LogP contribution in [0.5, 0.6) is 0 Å². The number of nitrogens with one attached hydrogen (secondary N) is 2. The number of anilines is 2. The molecule has 0 aromatic heterocycles. The van der Waals surface area contributed by atoms with Gasteiger partial charge in [-0.05, 0) is 30.3 Å². The number of hydrogen-bond acceptors (Lipinski definition) is 5. The minimum atomic E-state index is -0.755. The molecule has 0 spiro atoms. The van der Waals surface area contributed by atoms with Gasteiger partial charge in [0.2, 0.25) is 0 Å². The molecule has 8 heteroatoms. The Morgan fingerprint density at radius 2 is 1.88 bits per heavy atom. The lowest BCUT2D eigenvalue weighted by atomic mass is 10.2. The summed E-state index contributed by atoms with van der Waals surface area (Å²) in [5, 5.41) is 5.25. The molecule has 7 nitrogen and oxygen atoms in total. The lowest BCUT2D eigenvalue weighted by Crippen LogP contribution is -2.22. The van der Waals surface area contributed by atoms with Crippen molar-refractivity contribution in [3.05, 3.63) is 58.6 Å². The molecule has 0 saturated carbocycles. The molecule has 0 aliphatic rings. The van der Waals surface area contributed by atoms with Crippen LogP contribution in [0.25, 0.3) is 0 Å². The first-order valence-corrected chi connectivity index (χ1v) is 7.63. The quantitative estimate of drug-likeness (QED) is 0.557. The molecule has 2 amide bonds. The third kappa shape index (κ3) is 4.71. The fourth-order valence-electron chi connectivity index (χ4n) is 2.00. The Labute approximate surface area is 149 Å². The van der Waals surface area contributed by atoms with Gasteiger partial charge in [0.15, 0.2) is 6.61 Å². The molecule has 0 bridgehead atoms. The molecule has 0 fully saturated rings. The van der Waals surface area contributed by atoms with E-state index in [0.717, 1.165) is 0 Å². The number of carbonyl (C=O) groups excluding carboxylic acids is 3. The summed E-state index contributed by atoms with van der Waals surface area (Å²) in [5.74, 6) is -1.59. The van der Waals surface area contributed by atoms with Crippen molar-refractivity contribution in [2.75, 3.05) is 24.7 Å². The highest BCUT2D eigenvalue weighted by Crippen LogP contribution is 2.22. The van der Waals surface area contributed by atoms with Crippen LogP contribution in [0.4, 0.5) is 11.4 Å². The van der Waals surface area contributed by atoms with Crippen molar-refractivity contribution in [2.45, 2.75) is 0 Å². The molecule has 2 aromatic carbocycles. The highest BCUT2D eigenvalue weighted by Gasteiger charge is 2.15. The number of halogens is 1. The molecule has 2 aromatic rings. The van der Waals surface area contributed by atoms with E-state index in [9.17, 15) is 14.4 Å². The van der Waals surface area contributed by atoms with E-state index in [4.69, 9.17) is 22.1 Å². The summed E-state index contributed by atoms with van der Waals surface area (Å²) in [4.78, 5) is 35.4. The van der Waals surface area contributed by atoms with Crippen LogP contribution in [0.15, 0.2) is 42.5 Å². The Morgan fingerprint density at radius 1 is 1.16 bits per heavy atom. The van der Waals surface area contributed by atoms with Crippen LogP contribution in [0.3, 0.4) is 0 Å². The molecule has 0 heterocycles. The minimum Gasteiger partial charge on any atom is -0.452 e. The standard InChI is InChI=1S/C17H16ClN3O4/c1-20-16(23)10-4-2-5-11(8-10)21-14(22)9-25-17(24)12-6-3-7-13(18)15(12)19/h2-8H,9,19H2,1H3,(H,20,23)(H,21,22). The molecule has 130 valence electrons. The van der Waals surface area contributed by atoms with Gasteiger partial charge in [-0.25, -0.2) is 4.79 Å². The maximum atomic E-state index is 12.0. The Bertz CT molecular complexity index is 823. The first-order valence-electron chi connectivity index (χ1n) is 7.25. The van der Waals surface area contributed by atoms with Crippen molar-refractivity contribution >= 4 is 40.8 Å². The van der Waals surface area contributed by atoms with Gasteiger partial charge in [0, 0.05) is 18.3 Å². The van der Waals surface area contributed by atoms with Gasteiger partial charge >= 0.3 is 5.97 Å². The number of para-hydroxylation sites is 1. The average Bonchev–Trinajstić information content (AvgIpc) is 2.61. The highest BCUT2D eigenvalue weighted by molar-refractivity contribution is 6.33. The Hall–Kier alpha value is -3.06. The van der Waals surface area contributed by atoms with E-state index < -0.39 is 18.5 Å². The maximum Gasteiger partial charge on any atom is 0.340 e. The van der Waals surface area contributed by atoms with Crippen LogP contribution >= 0.6 is 11.6 Å². The van der Waals surface area contributed by atoms with Crippen molar-refractivity contribution in [2.24, 2.45) is 0 Å². The number of carbonyl (C=O) groups is 3. The van der Waals surface area contributed by atoms with Crippen molar-refractivity contribution in [3.8, 4) is 0 Å². The molecular formula is C17H16ClN3O4. The monoisotopic (exact) mass is 361 g/mol. The van der Waals surface area contributed by atoms with Gasteiger partial charge in [0.25, 0.3) is 11.8 Å². The number of ether oxygens (including phenoxy) is 1. The summed E-state index contributed by atoms with van der Waals surface area (Å²) in [5.41, 5.74) is 6.68. The van der Waals surface area contributed by atoms with E-state index in [1.165, 1.54) is 19.2 Å². The van der Waals surface area contributed by atoms with Crippen LogP contribution in [0.2, 0.25) is 5.02 Å². The van der Waals surface area contributed by atoms with E-state index >= 15 is 0 Å². The number of amides is 2. The fraction of sp³-hybridized carbons (Fsp3) is 0.118. The SMILES string of the molecule is CNC(=O)c1cccc(NC(=O)COC(=O)c2cccc(Cl)c2N)c1. The lowest BCUT2D eigenvalue weighted by molar-refractivity contribution is -0.119. The molecule has 0 atom stereocenters. The molecule has 25 heavy (non-hydrogen) atoms. The van der Waals surface area contributed by atoms with Crippen LogP contribution in [-0.2, 0) is 9.53 Å². The highest BCUT2D eigenvalue weighted by atomic mass is 35.5. The molecule has 0 radical (unpaired) electrons. The zero-order valence-corrected chi connectivity index (χ0v) is 14.1. The zero-order valence-electron chi connectivity index (χ0n) is 13.3. The van der Waals surface area contributed by atoms with Crippen LogP contribution < -0.4 is 16.4 Å². The van der Waals surface area contributed by atoms with Crippen LogP contribution in [-0.4, -0.2) is 31.4 Å². The maximum absolute atomic E-state index is 12.0. The average molecular weight is 362 g/mol. The molecular weight excluding hydrogens is 346 g/mol. The Balaban J connectivity index is 1.96. The first-order chi connectivity index (χ1) is 11.9. The van der Waals surface area contributed by atoms with Gasteiger partial charge in [-0.2, -0.15) is 0 Å². The topological polar surface area (TPSA) is 111 Å². The lowest BCUT2D eigenvalue weighted by Gasteiger charge is -2.09. The predicted molar refractivity (Wildman–Crippen MR) is 94.6 cm³/mol. The molecule has 4 N–H and O–H groups in total. The number of esters is 1. The van der Waals surface area contributed by atoms with Crippen LogP contribution in [0, 0.1) is 0 Å². The predicted octanol–water partition coefficient (Wildman–Crippen LogP) is 2.08. The van der Waals surface area contributed by atoms with E-state index in [0.29, 0.717) is 11.3 Å². The normalized spacial score (nSPS) is 10.0. The third-order valence-electron chi connectivity index (χ3n) is 3.24. The summed E-state index contributed by atoms with van der Waals surface area (Å²) in [6.45, 7) is -0.505. The van der Waals surface area contributed by atoms with Crippen molar-refractivity contribution in [1.82, 2.24) is 5.32 Å². The molecule has 0 unspecified atom stereocenters. The second-order valence-corrected chi connectivity index (χ2v) is 5.39. The van der Waals surface area contributed by atoms with E-state index in [1.54, 1.807) is 30.3 Å². The molecule has 0 saturated heterocycles. The number of hydrogen-bond donors (Lipinski definition) is 3. The van der Waals surface area contributed by atoms with Crippen molar-refractivity contribution in [1.29, 1.82) is 0 Å². The summed E-state index contributed by atoms with van der Waals surface area (Å²) in [7, 11) is 1.51. The third-order valence-corrected chi connectivity index (χ3v) is 3.57. The summed E-state index contributed by atoms with van der Waals surface area (Å²) in [6, 6.07) is 10.9. The summed E-state index contributed by atoms with van der Waals surface area (Å²) < 4.78 is 4.93. The van der Waals surface area contributed by atoms with E-state index in [2.05, 4.69) is 10.6 Å². The van der Waals surface area contributed by atoms with Gasteiger partial charge in [-0.3, -0.25) is 9.59 Å². The zero-order chi connectivity index (χ0) is 18.4. The first kappa shape index (κ1) is 18.3. The summed E-state index contributed by atoms with van der Waals surface area (Å²) in [6.07, 6.45) is 0. The van der Waals surface area contributed by atoms with Crippen molar-refractivity contribution < 1.29 is 19.1 Å². The van der Waals surface area contributed by atoms with Gasteiger partial charge in [0.05, 0.1) is 16.3 Å². The number of benzene rings is 2. The number of nitrogen functional groups attached to an aromatic ring is 1. The number of nitrogens with two attached hydrogens (primary N) is 1. The van der Waals surface area contributed by atoms with E-state index in [1.807, 2.05) is 0 Å². The Kier molecular flexibility index (Phi) is 5.97. The second kappa shape index (κ2) is 8.16. The minimum absolute atomic E-state index is 0.0851. The summed E-state index contributed by atoms with van der Waals surface area (Å²) >= 11 is 5.84. The van der Waals surface area contributed by atoms with Gasteiger partial charge in [0.1, 0.15) is 0 Å².